The molecule has 4 atom stereocenters. The smallest absolute Gasteiger partial charge is 0.228 e. The zero-order chi connectivity index (χ0) is 14.0. The van der Waals surface area contributed by atoms with Crippen LogP contribution < -0.4 is 5.73 Å². The number of hydrogen-bond acceptors (Lipinski definition) is 3. The van der Waals surface area contributed by atoms with Gasteiger partial charge >= 0.3 is 0 Å². The SMILES string of the molecule is CC1OC(C)C(C(=O)N(CCN)C2CCCC2)C1C. The van der Waals surface area contributed by atoms with Crippen molar-refractivity contribution in [3.8, 4) is 0 Å². The van der Waals surface area contributed by atoms with Gasteiger partial charge in [0.25, 0.3) is 0 Å². The van der Waals surface area contributed by atoms with Crippen LogP contribution in [0.25, 0.3) is 0 Å². The second kappa shape index (κ2) is 6.23. The Hall–Kier alpha value is -0.610. The molecule has 2 rings (SSSR count). The van der Waals surface area contributed by atoms with E-state index in [-0.39, 0.29) is 24.0 Å². The van der Waals surface area contributed by atoms with Crippen molar-refractivity contribution in [1.29, 1.82) is 0 Å². The average Bonchev–Trinajstić information content (AvgIpc) is 2.96. The number of nitrogens with zero attached hydrogens (tertiary/aromatic N) is 1. The monoisotopic (exact) mass is 268 g/mol. The molecule has 2 fully saturated rings. The highest BCUT2D eigenvalue weighted by Crippen LogP contribution is 2.35. The minimum Gasteiger partial charge on any atom is -0.374 e. The molecule has 1 aliphatic heterocycles. The predicted octanol–water partition coefficient (Wildman–Crippen LogP) is 1.78. The molecule has 1 saturated heterocycles. The molecule has 0 spiro atoms. The van der Waals surface area contributed by atoms with Crippen molar-refractivity contribution in [3.63, 3.8) is 0 Å². The van der Waals surface area contributed by atoms with Crippen LogP contribution >= 0.6 is 0 Å². The quantitative estimate of drug-likeness (QED) is 0.845. The molecule has 0 aromatic carbocycles. The van der Waals surface area contributed by atoms with E-state index in [1.807, 2.05) is 11.8 Å². The van der Waals surface area contributed by atoms with E-state index >= 15 is 0 Å². The molecular weight excluding hydrogens is 240 g/mol. The molecule has 1 saturated carbocycles. The van der Waals surface area contributed by atoms with Crippen LogP contribution in [0.2, 0.25) is 0 Å². The molecule has 2 N–H and O–H groups in total. The lowest BCUT2D eigenvalue weighted by Gasteiger charge is -2.33. The maximum absolute atomic E-state index is 12.9. The fraction of sp³-hybridized carbons (Fsp3) is 0.933. The molecule has 4 nitrogen and oxygen atoms in total. The van der Waals surface area contributed by atoms with Crippen LogP contribution in [0.3, 0.4) is 0 Å². The van der Waals surface area contributed by atoms with Crippen molar-refractivity contribution in [1.82, 2.24) is 4.90 Å². The molecule has 1 amide bonds. The van der Waals surface area contributed by atoms with Gasteiger partial charge in [-0.05, 0) is 32.6 Å². The van der Waals surface area contributed by atoms with E-state index in [0.29, 0.717) is 25.0 Å². The van der Waals surface area contributed by atoms with Gasteiger partial charge in [0, 0.05) is 19.1 Å². The normalized spacial score (nSPS) is 35.8. The van der Waals surface area contributed by atoms with Gasteiger partial charge in [-0.25, -0.2) is 0 Å². The summed E-state index contributed by atoms with van der Waals surface area (Å²) in [6.45, 7) is 7.46. The second-order valence-corrected chi connectivity index (χ2v) is 6.19. The lowest BCUT2D eigenvalue weighted by molar-refractivity contribution is -0.140. The summed E-state index contributed by atoms with van der Waals surface area (Å²) in [6.07, 6.45) is 4.95. The first kappa shape index (κ1) is 14.8. The Bertz CT molecular complexity index is 315. The van der Waals surface area contributed by atoms with Crippen LogP contribution in [0.4, 0.5) is 0 Å². The van der Waals surface area contributed by atoms with Crippen LogP contribution in [0, 0.1) is 11.8 Å². The largest absolute Gasteiger partial charge is 0.374 e. The van der Waals surface area contributed by atoms with E-state index in [4.69, 9.17) is 10.5 Å². The van der Waals surface area contributed by atoms with Gasteiger partial charge in [-0.2, -0.15) is 0 Å². The lowest BCUT2D eigenvalue weighted by Crippen LogP contribution is -2.47. The molecule has 4 heteroatoms. The van der Waals surface area contributed by atoms with Crippen LogP contribution in [0.15, 0.2) is 0 Å². The number of amides is 1. The van der Waals surface area contributed by atoms with E-state index in [0.717, 1.165) is 12.8 Å². The molecule has 1 aliphatic carbocycles. The predicted molar refractivity (Wildman–Crippen MR) is 75.7 cm³/mol. The van der Waals surface area contributed by atoms with Crippen molar-refractivity contribution in [2.24, 2.45) is 17.6 Å². The summed E-state index contributed by atoms with van der Waals surface area (Å²) in [5.74, 6) is 0.563. The fourth-order valence-electron chi connectivity index (χ4n) is 3.71. The molecule has 2 aliphatic rings. The molecule has 110 valence electrons. The first-order chi connectivity index (χ1) is 9.06. The molecule has 0 bridgehead atoms. The molecule has 1 heterocycles. The Kier molecular flexibility index (Phi) is 4.85. The maximum atomic E-state index is 12.9. The van der Waals surface area contributed by atoms with Crippen molar-refractivity contribution in [3.05, 3.63) is 0 Å². The Labute approximate surface area is 116 Å². The number of ether oxygens (including phenoxy) is 1. The highest BCUT2D eigenvalue weighted by molar-refractivity contribution is 5.80. The summed E-state index contributed by atoms with van der Waals surface area (Å²) >= 11 is 0. The van der Waals surface area contributed by atoms with Gasteiger partial charge in [-0.1, -0.05) is 19.8 Å². The standard InChI is InChI=1S/C15H28N2O2/c1-10-11(2)19-12(3)14(10)15(18)17(9-8-16)13-6-4-5-7-13/h10-14H,4-9,16H2,1-3H3. The van der Waals surface area contributed by atoms with Gasteiger partial charge in [-0.15, -0.1) is 0 Å². The summed E-state index contributed by atoms with van der Waals surface area (Å²) in [4.78, 5) is 14.9. The summed E-state index contributed by atoms with van der Waals surface area (Å²) < 4.78 is 5.82. The van der Waals surface area contributed by atoms with Gasteiger partial charge in [-0.3, -0.25) is 4.79 Å². The number of carbonyl (C=O) groups is 1. The Morgan fingerprint density at radius 2 is 1.84 bits per heavy atom. The van der Waals surface area contributed by atoms with E-state index in [2.05, 4.69) is 13.8 Å². The zero-order valence-electron chi connectivity index (χ0n) is 12.5. The third-order valence-electron chi connectivity index (χ3n) is 4.95. The van der Waals surface area contributed by atoms with Crippen LogP contribution in [-0.2, 0) is 9.53 Å². The summed E-state index contributed by atoms with van der Waals surface area (Å²) in [5.41, 5.74) is 5.70. The van der Waals surface area contributed by atoms with Crippen molar-refractivity contribution in [2.45, 2.75) is 64.7 Å². The van der Waals surface area contributed by atoms with Gasteiger partial charge in [0.15, 0.2) is 0 Å². The second-order valence-electron chi connectivity index (χ2n) is 6.19. The van der Waals surface area contributed by atoms with Crippen LogP contribution in [-0.4, -0.2) is 42.1 Å². The molecule has 19 heavy (non-hydrogen) atoms. The van der Waals surface area contributed by atoms with Gasteiger partial charge < -0.3 is 15.4 Å². The number of hydrogen-bond donors (Lipinski definition) is 1. The minimum absolute atomic E-state index is 0.00199. The number of nitrogens with two attached hydrogens (primary N) is 1. The lowest BCUT2D eigenvalue weighted by atomic mass is 9.88. The van der Waals surface area contributed by atoms with E-state index < -0.39 is 0 Å². The maximum Gasteiger partial charge on any atom is 0.228 e. The minimum atomic E-state index is 0.00199. The van der Waals surface area contributed by atoms with E-state index in [9.17, 15) is 4.79 Å². The van der Waals surface area contributed by atoms with Gasteiger partial charge in [0.1, 0.15) is 0 Å². The van der Waals surface area contributed by atoms with Crippen LogP contribution in [0.5, 0.6) is 0 Å². The zero-order valence-corrected chi connectivity index (χ0v) is 12.5. The average molecular weight is 268 g/mol. The molecule has 4 unspecified atom stereocenters. The summed E-state index contributed by atoms with van der Waals surface area (Å²) in [5, 5.41) is 0. The Morgan fingerprint density at radius 3 is 2.32 bits per heavy atom. The first-order valence-electron chi connectivity index (χ1n) is 7.72. The van der Waals surface area contributed by atoms with Crippen molar-refractivity contribution in [2.75, 3.05) is 13.1 Å². The number of rotatable bonds is 4. The fourth-order valence-corrected chi connectivity index (χ4v) is 3.71. The van der Waals surface area contributed by atoms with E-state index in [1.54, 1.807) is 0 Å². The Balaban J connectivity index is 2.10. The first-order valence-corrected chi connectivity index (χ1v) is 7.72. The van der Waals surface area contributed by atoms with E-state index in [1.165, 1.54) is 12.8 Å². The molecule has 0 radical (unpaired) electrons. The van der Waals surface area contributed by atoms with Gasteiger partial charge in [0.2, 0.25) is 5.91 Å². The topological polar surface area (TPSA) is 55.6 Å². The highest BCUT2D eigenvalue weighted by atomic mass is 16.5. The van der Waals surface area contributed by atoms with Crippen LogP contribution in [0.1, 0.15) is 46.5 Å². The number of carbonyl (C=O) groups excluding carboxylic acids is 1. The molecular formula is C15H28N2O2. The highest BCUT2D eigenvalue weighted by Gasteiger charge is 2.44. The molecule has 0 aromatic rings. The summed E-state index contributed by atoms with van der Waals surface area (Å²) in [7, 11) is 0. The van der Waals surface area contributed by atoms with Gasteiger partial charge in [0.05, 0.1) is 18.1 Å². The third kappa shape index (κ3) is 2.95. The van der Waals surface area contributed by atoms with Crippen molar-refractivity contribution < 1.29 is 9.53 Å². The molecule has 0 aromatic heterocycles. The third-order valence-corrected chi connectivity index (χ3v) is 4.95. The summed E-state index contributed by atoms with van der Waals surface area (Å²) in [6, 6.07) is 0.409. The van der Waals surface area contributed by atoms with Crippen molar-refractivity contribution >= 4 is 5.91 Å². The Morgan fingerprint density at radius 1 is 1.21 bits per heavy atom.